The molecule has 0 heterocycles. The van der Waals surface area contributed by atoms with Gasteiger partial charge in [0.1, 0.15) is 0 Å². The maximum atomic E-state index is 5.61. The molecule has 3 atom stereocenters. The Morgan fingerprint density at radius 1 is 1.33 bits per heavy atom. The Morgan fingerprint density at radius 2 is 2.08 bits per heavy atom. The number of fused-ring (bicyclic) bond motifs is 1. The number of hydrogen-bond acceptors (Lipinski definition) is 1. The van der Waals surface area contributed by atoms with Crippen LogP contribution in [-0.2, 0) is 4.74 Å². The maximum absolute atomic E-state index is 5.61. The lowest BCUT2D eigenvalue weighted by Crippen LogP contribution is -2.33. The number of ether oxygens (including phenoxy) is 1. The summed E-state index contributed by atoms with van der Waals surface area (Å²) >= 11 is 0. The maximum Gasteiger partial charge on any atom is 0.0632 e. The summed E-state index contributed by atoms with van der Waals surface area (Å²) in [6, 6.07) is 0. The Kier molecular flexibility index (Phi) is 1.95. The van der Waals surface area contributed by atoms with Gasteiger partial charge in [-0.25, -0.2) is 0 Å². The zero-order valence-corrected chi connectivity index (χ0v) is 8.47. The summed E-state index contributed by atoms with van der Waals surface area (Å²) in [5.41, 5.74) is 0.590. The fraction of sp³-hybridized carbons (Fsp3) is 1.00. The number of methoxy groups -OCH3 is 1. The van der Waals surface area contributed by atoms with Crippen molar-refractivity contribution < 1.29 is 4.74 Å². The SMILES string of the molecule is COC1CCCC2CC21C(C)C. The molecule has 0 N–H and O–H groups in total. The lowest BCUT2D eigenvalue weighted by atomic mass is 9.78. The molecule has 0 aromatic carbocycles. The third kappa shape index (κ3) is 0.953. The van der Waals surface area contributed by atoms with E-state index in [9.17, 15) is 0 Å². The van der Waals surface area contributed by atoms with Crippen molar-refractivity contribution in [3.63, 3.8) is 0 Å². The molecule has 2 aliphatic carbocycles. The minimum absolute atomic E-state index is 0.566. The summed E-state index contributed by atoms with van der Waals surface area (Å²) in [7, 11) is 1.88. The van der Waals surface area contributed by atoms with Gasteiger partial charge in [-0.2, -0.15) is 0 Å². The standard InChI is InChI=1S/C11H20O/c1-8(2)11-7-9(11)5-4-6-10(11)12-3/h8-10H,4-7H2,1-3H3. The molecule has 0 radical (unpaired) electrons. The molecule has 0 aromatic heterocycles. The van der Waals surface area contributed by atoms with Gasteiger partial charge < -0.3 is 4.74 Å². The Hall–Kier alpha value is -0.0400. The molecule has 2 rings (SSSR count). The van der Waals surface area contributed by atoms with E-state index < -0.39 is 0 Å². The first kappa shape index (κ1) is 8.55. The predicted molar refractivity (Wildman–Crippen MR) is 50.0 cm³/mol. The van der Waals surface area contributed by atoms with Crippen LogP contribution in [0.2, 0.25) is 0 Å². The van der Waals surface area contributed by atoms with Crippen LogP contribution in [0.4, 0.5) is 0 Å². The summed E-state index contributed by atoms with van der Waals surface area (Å²) < 4.78 is 5.61. The molecule has 0 spiro atoms. The molecular weight excluding hydrogens is 148 g/mol. The molecule has 0 aromatic rings. The van der Waals surface area contributed by atoms with Gasteiger partial charge in [-0.15, -0.1) is 0 Å². The van der Waals surface area contributed by atoms with Crippen LogP contribution >= 0.6 is 0 Å². The average Bonchev–Trinajstić information content (AvgIpc) is 2.78. The summed E-state index contributed by atoms with van der Waals surface area (Å²) in [5, 5.41) is 0. The topological polar surface area (TPSA) is 9.23 Å². The predicted octanol–water partition coefficient (Wildman–Crippen LogP) is 2.85. The van der Waals surface area contributed by atoms with Crippen LogP contribution in [-0.4, -0.2) is 13.2 Å². The van der Waals surface area contributed by atoms with Crippen molar-refractivity contribution in [3.05, 3.63) is 0 Å². The second kappa shape index (κ2) is 2.73. The highest BCUT2D eigenvalue weighted by Crippen LogP contribution is 2.65. The molecular formula is C11H20O. The van der Waals surface area contributed by atoms with E-state index in [1.807, 2.05) is 7.11 Å². The van der Waals surface area contributed by atoms with Gasteiger partial charge in [0.05, 0.1) is 6.10 Å². The van der Waals surface area contributed by atoms with E-state index in [0.29, 0.717) is 11.5 Å². The molecule has 0 aliphatic heterocycles. The minimum Gasteiger partial charge on any atom is -0.381 e. The minimum atomic E-state index is 0.566. The van der Waals surface area contributed by atoms with Gasteiger partial charge in [-0.1, -0.05) is 20.3 Å². The van der Waals surface area contributed by atoms with Crippen LogP contribution in [0.1, 0.15) is 39.5 Å². The van der Waals surface area contributed by atoms with E-state index in [0.717, 1.165) is 11.8 Å². The van der Waals surface area contributed by atoms with Crippen LogP contribution in [0.15, 0.2) is 0 Å². The van der Waals surface area contributed by atoms with Crippen LogP contribution in [0.5, 0.6) is 0 Å². The van der Waals surface area contributed by atoms with Crippen LogP contribution < -0.4 is 0 Å². The smallest absolute Gasteiger partial charge is 0.0632 e. The van der Waals surface area contributed by atoms with Crippen molar-refractivity contribution in [2.24, 2.45) is 17.3 Å². The normalized spacial score (nSPS) is 46.0. The molecule has 2 fully saturated rings. The Morgan fingerprint density at radius 3 is 2.58 bits per heavy atom. The summed E-state index contributed by atoms with van der Waals surface area (Å²) in [4.78, 5) is 0. The first-order valence-corrected chi connectivity index (χ1v) is 5.24. The van der Waals surface area contributed by atoms with E-state index in [4.69, 9.17) is 4.74 Å². The van der Waals surface area contributed by atoms with Crippen molar-refractivity contribution in [1.29, 1.82) is 0 Å². The fourth-order valence-corrected chi connectivity index (χ4v) is 3.37. The van der Waals surface area contributed by atoms with Gasteiger partial charge in [-0.05, 0) is 31.1 Å². The molecule has 0 saturated heterocycles. The number of rotatable bonds is 2. The Bertz CT molecular complexity index is 176. The van der Waals surface area contributed by atoms with Crippen LogP contribution in [0.3, 0.4) is 0 Å². The van der Waals surface area contributed by atoms with E-state index in [1.165, 1.54) is 25.7 Å². The van der Waals surface area contributed by atoms with Gasteiger partial charge >= 0.3 is 0 Å². The molecule has 0 bridgehead atoms. The zero-order valence-electron chi connectivity index (χ0n) is 8.47. The quantitative estimate of drug-likeness (QED) is 0.616. The summed E-state index contributed by atoms with van der Waals surface area (Å²) in [6.45, 7) is 4.72. The molecule has 12 heavy (non-hydrogen) atoms. The molecule has 2 saturated carbocycles. The van der Waals surface area contributed by atoms with Crippen molar-refractivity contribution in [2.75, 3.05) is 7.11 Å². The zero-order chi connectivity index (χ0) is 8.77. The second-order valence-electron chi connectivity index (χ2n) is 4.82. The summed E-state index contributed by atoms with van der Waals surface area (Å²) in [6.07, 6.45) is 6.14. The first-order chi connectivity index (χ1) is 5.71. The molecule has 3 unspecified atom stereocenters. The highest BCUT2D eigenvalue weighted by molar-refractivity contribution is 5.10. The second-order valence-corrected chi connectivity index (χ2v) is 4.82. The lowest BCUT2D eigenvalue weighted by Gasteiger charge is -2.34. The Balaban J connectivity index is 2.13. The summed E-state index contributed by atoms with van der Waals surface area (Å²) in [5.74, 6) is 1.81. The van der Waals surface area contributed by atoms with E-state index in [2.05, 4.69) is 13.8 Å². The van der Waals surface area contributed by atoms with Gasteiger partial charge in [0.2, 0.25) is 0 Å². The van der Waals surface area contributed by atoms with Crippen molar-refractivity contribution in [1.82, 2.24) is 0 Å². The van der Waals surface area contributed by atoms with Gasteiger partial charge in [0, 0.05) is 12.5 Å². The molecule has 2 aliphatic rings. The third-order valence-electron chi connectivity index (χ3n) is 4.18. The fourth-order valence-electron chi connectivity index (χ4n) is 3.37. The van der Waals surface area contributed by atoms with Crippen LogP contribution in [0, 0.1) is 17.3 Å². The van der Waals surface area contributed by atoms with Crippen molar-refractivity contribution in [2.45, 2.75) is 45.6 Å². The highest BCUT2D eigenvalue weighted by atomic mass is 16.5. The number of hydrogen-bond donors (Lipinski definition) is 0. The lowest BCUT2D eigenvalue weighted by molar-refractivity contribution is -0.0108. The van der Waals surface area contributed by atoms with E-state index >= 15 is 0 Å². The molecule has 70 valence electrons. The van der Waals surface area contributed by atoms with Gasteiger partial charge in [0.15, 0.2) is 0 Å². The average molecular weight is 168 g/mol. The third-order valence-corrected chi connectivity index (χ3v) is 4.18. The Labute approximate surface area is 75.5 Å². The van der Waals surface area contributed by atoms with E-state index in [-0.39, 0.29) is 0 Å². The van der Waals surface area contributed by atoms with Crippen LogP contribution in [0.25, 0.3) is 0 Å². The molecule has 1 heteroatoms. The largest absolute Gasteiger partial charge is 0.381 e. The monoisotopic (exact) mass is 168 g/mol. The van der Waals surface area contributed by atoms with Gasteiger partial charge in [-0.3, -0.25) is 0 Å². The van der Waals surface area contributed by atoms with Crippen molar-refractivity contribution in [3.8, 4) is 0 Å². The molecule has 0 amide bonds. The van der Waals surface area contributed by atoms with E-state index in [1.54, 1.807) is 0 Å². The highest BCUT2D eigenvalue weighted by Gasteiger charge is 2.61. The molecule has 1 nitrogen and oxygen atoms in total. The van der Waals surface area contributed by atoms with Crippen molar-refractivity contribution >= 4 is 0 Å². The van der Waals surface area contributed by atoms with Gasteiger partial charge in [0.25, 0.3) is 0 Å². The first-order valence-electron chi connectivity index (χ1n) is 5.24.